The number of aliphatic carboxylic acids is 1. The quantitative estimate of drug-likeness (QED) is 0.587. The molecule has 0 aliphatic carbocycles. The van der Waals surface area contributed by atoms with E-state index in [2.05, 4.69) is 5.32 Å². The summed E-state index contributed by atoms with van der Waals surface area (Å²) in [6, 6.07) is 4.71. The summed E-state index contributed by atoms with van der Waals surface area (Å²) >= 11 is 0. The van der Waals surface area contributed by atoms with Crippen molar-refractivity contribution in [3.8, 4) is 0 Å². The highest BCUT2D eigenvalue weighted by Crippen LogP contribution is 2.27. The lowest BCUT2D eigenvalue weighted by atomic mass is 10.1. The fourth-order valence-corrected chi connectivity index (χ4v) is 1.33. The van der Waals surface area contributed by atoms with Crippen LogP contribution in [0.1, 0.15) is 12.0 Å². The molecule has 0 bridgehead atoms. The van der Waals surface area contributed by atoms with E-state index in [9.17, 15) is 14.9 Å². The summed E-state index contributed by atoms with van der Waals surface area (Å²) in [4.78, 5) is 20.5. The van der Waals surface area contributed by atoms with E-state index in [4.69, 9.17) is 5.11 Å². The summed E-state index contributed by atoms with van der Waals surface area (Å²) in [6.45, 7) is 1.90. The van der Waals surface area contributed by atoms with Crippen molar-refractivity contribution >= 4 is 17.3 Å². The van der Waals surface area contributed by atoms with Crippen molar-refractivity contribution in [2.45, 2.75) is 13.3 Å². The second kappa shape index (κ2) is 5.11. The minimum absolute atomic E-state index is 0.0367. The van der Waals surface area contributed by atoms with Gasteiger partial charge in [0.15, 0.2) is 0 Å². The first kappa shape index (κ1) is 12.0. The molecule has 0 amide bonds. The Balaban J connectivity index is 2.84. The molecule has 0 spiro atoms. The lowest BCUT2D eigenvalue weighted by molar-refractivity contribution is -0.384. The highest BCUT2D eigenvalue weighted by Gasteiger charge is 2.14. The van der Waals surface area contributed by atoms with Crippen LogP contribution >= 0.6 is 0 Å². The van der Waals surface area contributed by atoms with E-state index in [1.807, 2.05) is 0 Å². The van der Waals surface area contributed by atoms with Crippen molar-refractivity contribution in [2.24, 2.45) is 0 Å². The molecule has 86 valence electrons. The van der Waals surface area contributed by atoms with Gasteiger partial charge in [-0.25, -0.2) is 0 Å². The van der Waals surface area contributed by atoms with Gasteiger partial charge in [-0.15, -0.1) is 0 Å². The number of carbonyl (C=O) groups is 1. The molecule has 16 heavy (non-hydrogen) atoms. The molecule has 1 rings (SSSR count). The van der Waals surface area contributed by atoms with Gasteiger partial charge in [-0.1, -0.05) is 12.1 Å². The standard InChI is InChI=1S/C10H12N2O4/c1-7-3-2-4-8(12(15)16)10(7)11-6-5-9(13)14/h2-4,11H,5-6H2,1H3,(H,13,14). The third-order valence-electron chi connectivity index (χ3n) is 2.09. The number of para-hydroxylation sites is 1. The summed E-state index contributed by atoms with van der Waals surface area (Å²) < 4.78 is 0. The molecule has 6 heteroatoms. The number of rotatable bonds is 5. The molecule has 0 saturated heterocycles. The number of aryl methyl sites for hydroxylation is 1. The predicted molar refractivity (Wildman–Crippen MR) is 58.6 cm³/mol. The highest BCUT2D eigenvalue weighted by molar-refractivity contribution is 5.69. The first-order chi connectivity index (χ1) is 7.52. The molecule has 0 heterocycles. The second-order valence-corrected chi connectivity index (χ2v) is 3.30. The lowest BCUT2D eigenvalue weighted by Gasteiger charge is -2.08. The van der Waals surface area contributed by atoms with Crippen LogP contribution in [0.15, 0.2) is 18.2 Å². The van der Waals surface area contributed by atoms with Crippen molar-refractivity contribution in [1.29, 1.82) is 0 Å². The highest BCUT2D eigenvalue weighted by atomic mass is 16.6. The van der Waals surface area contributed by atoms with Crippen LogP contribution in [-0.2, 0) is 4.79 Å². The van der Waals surface area contributed by atoms with Crippen molar-refractivity contribution in [3.05, 3.63) is 33.9 Å². The van der Waals surface area contributed by atoms with Gasteiger partial charge in [0, 0.05) is 12.6 Å². The maximum atomic E-state index is 10.7. The molecule has 1 aromatic rings. The molecule has 0 fully saturated rings. The fraction of sp³-hybridized carbons (Fsp3) is 0.300. The van der Waals surface area contributed by atoms with Crippen molar-refractivity contribution < 1.29 is 14.8 Å². The number of nitrogens with one attached hydrogen (secondary N) is 1. The summed E-state index contributed by atoms with van der Waals surface area (Å²) in [6.07, 6.45) is -0.0779. The van der Waals surface area contributed by atoms with Gasteiger partial charge in [0.05, 0.1) is 11.3 Å². The Hall–Kier alpha value is -2.11. The summed E-state index contributed by atoms with van der Waals surface area (Å²) in [5.41, 5.74) is 1.07. The van der Waals surface area contributed by atoms with Gasteiger partial charge in [-0.3, -0.25) is 14.9 Å². The molecule has 0 radical (unpaired) electrons. The predicted octanol–water partition coefficient (Wildman–Crippen LogP) is 1.79. The van der Waals surface area contributed by atoms with Gasteiger partial charge in [-0.05, 0) is 12.5 Å². The molecule has 2 N–H and O–H groups in total. The molecular weight excluding hydrogens is 212 g/mol. The third kappa shape index (κ3) is 2.94. The number of carboxylic acids is 1. The number of nitrogens with zero attached hydrogens (tertiary/aromatic N) is 1. The number of hydrogen-bond donors (Lipinski definition) is 2. The second-order valence-electron chi connectivity index (χ2n) is 3.30. The summed E-state index contributed by atoms with van der Waals surface area (Å²) in [5.74, 6) is -0.941. The molecule has 0 aromatic heterocycles. The topological polar surface area (TPSA) is 92.5 Å². The largest absolute Gasteiger partial charge is 0.481 e. The zero-order valence-corrected chi connectivity index (χ0v) is 8.77. The van der Waals surface area contributed by atoms with Gasteiger partial charge in [0.25, 0.3) is 5.69 Å². The Morgan fingerprint density at radius 1 is 1.56 bits per heavy atom. The number of benzene rings is 1. The SMILES string of the molecule is Cc1cccc([N+](=O)[O-])c1NCCC(=O)O. The van der Waals surface area contributed by atoms with Crippen LogP contribution in [0.4, 0.5) is 11.4 Å². The van der Waals surface area contributed by atoms with E-state index in [-0.39, 0.29) is 18.7 Å². The van der Waals surface area contributed by atoms with Crippen LogP contribution in [0.5, 0.6) is 0 Å². The number of hydrogen-bond acceptors (Lipinski definition) is 4. The molecule has 1 aromatic carbocycles. The Bertz CT molecular complexity index is 417. The molecular formula is C10H12N2O4. The molecule has 0 unspecified atom stereocenters. The summed E-state index contributed by atoms with van der Waals surface area (Å²) in [5, 5.41) is 22.0. The Morgan fingerprint density at radius 3 is 2.81 bits per heavy atom. The van der Waals surface area contributed by atoms with Crippen LogP contribution in [0.3, 0.4) is 0 Å². The number of carboxylic acid groups (broad SMARTS) is 1. The smallest absolute Gasteiger partial charge is 0.305 e. The zero-order valence-electron chi connectivity index (χ0n) is 8.77. The van der Waals surface area contributed by atoms with Crippen LogP contribution in [0, 0.1) is 17.0 Å². The Labute approximate surface area is 92.0 Å². The van der Waals surface area contributed by atoms with Crippen molar-refractivity contribution in [1.82, 2.24) is 0 Å². The van der Waals surface area contributed by atoms with Crippen LogP contribution in [0.25, 0.3) is 0 Å². The molecule has 0 saturated carbocycles. The number of nitro benzene ring substituents is 1. The maximum Gasteiger partial charge on any atom is 0.305 e. The van der Waals surface area contributed by atoms with E-state index in [0.29, 0.717) is 5.69 Å². The minimum Gasteiger partial charge on any atom is -0.481 e. The van der Waals surface area contributed by atoms with E-state index in [1.54, 1.807) is 19.1 Å². The normalized spacial score (nSPS) is 9.81. The third-order valence-corrected chi connectivity index (χ3v) is 2.09. The fourth-order valence-electron chi connectivity index (χ4n) is 1.33. The maximum absolute atomic E-state index is 10.7. The molecule has 6 nitrogen and oxygen atoms in total. The van der Waals surface area contributed by atoms with Crippen LogP contribution in [-0.4, -0.2) is 22.5 Å². The van der Waals surface area contributed by atoms with E-state index < -0.39 is 10.9 Å². The van der Waals surface area contributed by atoms with Crippen molar-refractivity contribution in [2.75, 3.05) is 11.9 Å². The lowest BCUT2D eigenvalue weighted by Crippen LogP contribution is -2.09. The average molecular weight is 224 g/mol. The summed E-state index contributed by atoms with van der Waals surface area (Å²) in [7, 11) is 0. The van der Waals surface area contributed by atoms with Crippen LogP contribution in [0.2, 0.25) is 0 Å². The first-order valence-electron chi connectivity index (χ1n) is 4.72. The van der Waals surface area contributed by atoms with Gasteiger partial charge < -0.3 is 10.4 Å². The number of anilines is 1. The monoisotopic (exact) mass is 224 g/mol. The van der Waals surface area contributed by atoms with E-state index >= 15 is 0 Å². The van der Waals surface area contributed by atoms with Crippen LogP contribution < -0.4 is 5.32 Å². The van der Waals surface area contributed by atoms with E-state index in [1.165, 1.54) is 6.07 Å². The minimum atomic E-state index is -0.941. The first-order valence-corrected chi connectivity index (χ1v) is 4.72. The molecule has 0 atom stereocenters. The van der Waals surface area contributed by atoms with Gasteiger partial charge in [-0.2, -0.15) is 0 Å². The van der Waals surface area contributed by atoms with E-state index in [0.717, 1.165) is 5.56 Å². The Kier molecular flexibility index (Phi) is 3.82. The number of nitro groups is 1. The van der Waals surface area contributed by atoms with Gasteiger partial charge in [0.1, 0.15) is 5.69 Å². The zero-order chi connectivity index (χ0) is 12.1. The van der Waals surface area contributed by atoms with Gasteiger partial charge in [0.2, 0.25) is 0 Å². The Morgan fingerprint density at radius 2 is 2.25 bits per heavy atom. The van der Waals surface area contributed by atoms with Crippen molar-refractivity contribution in [3.63, 3.8) is 0 Å². The molecule has 0 aliphatic heterocycles. The van der Waals surface area contributed by atoms with Gasteiger partial charge >= 0.3 is 5.97 Å². The average Bonchev–Trinajstić information content (AvgIpc) is 2.19. The molecule has 0 aliphatic rings.